The number of hydrogen-bond acceptors (Lipinski definition) is 5. The minimum absolute atomic E-state index is 0.0275. The van der Waals surface area contributed by atoms with Crippen LogP contribution in [0.2, 0.25) is 0 Å². The maximum atomic E-state index is 13.8. The molecule has 3 rings (SSSR count). The average Bonchev–Trinajstić information content (AvgIpc) is 3.10. The van der Waals surface area contributed by atoms with Crippen LogP contribution in [-0.2, 0) is 24.0 Å². The minimum Gasteiger partial charge on any atom is -0.332 e. The summed E-state index contributed by atoms with van der Waals surface area (Å²) in [5.74, 6) is -1.33. The van der Waals surface area contributed by atoms with Gasteiger partial charge in [-0.2, -0.15) is 0 Å². The largest absolute Gasteiger partial charge is 0.332 e. The van der Waals surface area contributed by atoms with Gasteiger partial charge in [0.05, 0.1) is 6.04 Å². The Labute approximate surface area is 211 Å². The summed E-state index contributed by atoms with van der Waals surface area (Å²) in [6.45, 7) is 14.2. The third-order valence-corrected chi connectivity index (χ3v) is 9.25. The normalized spacial score (nSPS) is 26.9. The van der Waals surface area contributed by atoms with Crippen molar-refractivity contribution in [2.24, 2.45) is 40.4 Å². The van der Waals surface area contributed by atoms with Crippen LogP contribution < -0.4 is 0 Å². The van der Waals surface area contributed by atoms with Crippen LogP contribution in [0.15, 0.2) is 0 Å². The Balaban J connectivity index is 1.84. The van der Waals surface area contributed by atoms with Crippen molar-refractivity contribution in [1.82, 2.24) is 4.90 Å². The highest BCUT2D eigenvalue weighted by atomic mass is 16.2. The quantitative estimate of drug-likeness (QED) is 0.369. The Morgan fingerprint density at radius 3 is 2.09 bits per heavy atom. The summed E-state index contributed by atoms with van der Waals surface area (Å²) < 4.78 is 0. The van der Waals surface area contributed by atoms with Gasteiger partial charge in [-0.25, -0.2) is 0 Å². The molecule has 2 saturated carbocycles. The number of fused-ring (bicyclic) bond motifs is 1. The molecule has 5 atom stereocenters. The van der Waals surface area contributed by atoms with Gasteiger partial charge in [-0.05, 0) is 35.0 Å². The predicted octanol–water partition coefficient (Wildman–Crippen LogP) is 4.81. The molecule has 1 amide bonds. The van der Waals surface area contributed by atoms with E-state index in [2.05, 4.69) is 13.8 Å². The summed E-state index contributed by atoms with van der Waals surface area (Å²) in [5, 5.41) is 0. The van der Waals surface area contributed by atoms with Crippen LogP contribution in [0, 0.1) is 40.4 Å². The van der Waals surface area contributed by atoms with Gasteiger partial charge in [0, 0.05) is 44.1 Å². The van der Waals surface area contributed by atoms with Crippen molar-refractivity contribution in [2.75, 3.05) is 6.54 Å². The molecule has 1 unspecified atom stereocenters. The van der Waals surface area contributed by atoms with E-state index in [0.717, 1.165) is 19.3 Å². The van der Waals surface area contributed by atoms with E-state index in [1.165, 1.54) is 0 Å². The number of piperidine rings is 1. The SMILES string of the molecule is CCC(=O)C[C@H](C(=O)N1C[C@H]2[C@@H]([C@H]1C(=O)CC(CC1CCC1)C(=O)C(=O)CC)C2(C)C)C(C)(C)C. The topological polar surface area (TPSA) is 88.6 Å². The monoisotopic (exact) mass is 487 g/mol. The molecular formula is C29H45NO5. The molecule has 0 aromatic carbocycles. The van der Waals surface area contributed by atoms with Crippen LogP contribution in [0.5, 0.6) is 0 Å². The van der Waals surface area contributed by atoms with Gasteiger partial charge in [0.2, 0.25) is 11.7 Å². The Bertz CT molecular complexity index is 878. The molecule has 196 valence electrons. The van der Waals surface area contributed by atoms with Crippen molar-refractivity contribution in [3.63, 3.8) is 0 Å². The highest BCUT2D eigenvalue weighted by Crippen LogP contribution is 2.65. The zero-order valence-electron chi connectivity index (χ0n) is 22.8. The molecule has 0 aromatic heterocycles. The molecule has 35 heavy (non-hydrogen) atoms. The molecule has 2 aliphatic carbocycles. The first-order valence-corrected chi connectivity index (χ1v) is 13.7. The molecule has 0 N–H and O–H groups in total. The van der Waals surface area contributed by atoms with E-state index >= 15 is 0 Å². The number of rotatable bonds is 12. The Morgan fingerprint density at radius 2 is 1.60 bits per heavy atom. The standard InChI is InChI=1S/C29H45NO5/c1-8-19(31)15-20(28(3,4)5)27(35)30-16-21-24(29(21,6)7)25(30)23(33)14-18(13-17-11-10-12-17)26(34)22(32)9-2/h17-18,20-21,24-25H,8-16H2,1-7H3/t18?,20-,21+,24+,25-/m1/s1. The lowest BCUT2D eigenvalue weighted by molar-refractivity contribution is -0.148. The number of carbonyl (C=O) groups excluding carboxylic acids is 5. The molecule has 1 aliphatic heterocycles. The van der Waals surface area contributed by atoms with Crippen molar-refractivity contribution in [1.29, 1.82) is 0 Å². The van der Waals surface area contributed by atoms with Gasteiger partial charge in [-0.1, -0.05) is 67.7 Å². The van der Waals surface area contributed by atoms with Crippen LogP contribution in [-0.4, -0.2) is 46.5 Å². The van der Waals surface area contributed by atoms with E-state index in [0.29, 0.717) is 25.3 Å². The Morgan fingerprint density at radius 1 is 0.971 bits per heavy atom. The number of hydrogen-bond donors (Lipinski definition) is 0. The molecular weight excluding hydrogens is 442 g/mol. The lowest BCUT2D eigenvalue weighted by Crippen LogP contribution is -2.50. The van der Waals surface area contributed by atoms with E-state index in [1.807, 2.05) is 27.7 Å². The fourth-order valence-corrected chi connectivity index (χ4v) is 6.40. The van der Waals surface area contributed by atoms with Crippen molar-refractivity contribution in [3.8, 4) is 0 Å². The second kappa shape index (κ2) is 10.3. The number of amides is 1. The number of ketones is 4. The molecule has 3 fully saturated rings. The molecule has 0 bridgehead atoms. The lowest BCUT2D eigenvalue weighted by atomic mass is 9.75. The van der Waals surface area contributed by atoms with E-state index in [9.17, 15) is 24.0 Å². The average molecular weight is 488 g/mol. The summed E-state index contributed by atoms with van der Waals surface area (Å²) >= 11 is 0. The minimum atomic E-state index is -0.585. The zero-order valence-corrected chi connectivity index (χ0v) is 22.8. The first-order valence-electron chi connectivity index (χ1n) is 13.7. The third-order valence-electron chi connectivity index (χ3n) is 9.25. The van der Waals surface area contributed by atoms with Crippen LogP contribution in [0.1, 0.15) is 99.8 Å². The fraction of sp³-hybridized carbons (Fsp3) is 0.828. The molecule has 0 spiro atoms. The van der Waals surface area contributed by atoms with Crippen molar-refractivity contribution in [2.45, 2.75) is 106 Å². The maximum absolute atomic E-state index is 13.8. The van der Waals surface area contributed by atoms with Gasteiger partial charge in [0.1, 0.15) is 5.78 Å². The number of likely N-dealkylation sites (tertiary alicyclic amines) is 1. The van der Waals surface area contributed by atoms with Crippen LogP contribution >= 0.6 is 0 Å². The molecule has 3 aliphatic rings. The van der Waals surface area contributed by atoms with Crippen molar-refractivity contribution in [3.05, 3.63) is 0 Å². The van der Waals surface area contributed by atoms with Gasteiger partial charge in [0.15, 0.2) is 11.6 Å². The summed E-state index contributed by atoms with van der Waals surface area (Å²) in [6, 6.07) is -0.572. The Hall–Kier alpha value is -1.85. The maximum Gasteiger partial charge on any atom is 0.227 e. The molecule has 6 nitrogen and oxygen atoms in total. The first kappa shape index (κ1) is 27.7. The second-order valence-corrected chi connectivity index (χ2v) is 12.9. The van der Waals surface area contributed by atoms with E-state index in [-0.39, 0.29) is 54.0 Å². The van der Waals surface area contributed by atoms with E-state index in [1.54, 1.807) is 11.8 Å². The van der Waals surface area contributed by atoms with Gasteiger partial charge < -0.3 is 4.90 Å². The highest BCUT2D eigenvalue weighted by Gasteiger charge is 2.69. The van der Waals surface area contributed by atoms with E-state index in [4.69, 9.17) is 0 Å². The molecule has 6 heteroatoms. The smallest absolute Gasteiger partial charge is 0.227 e. The fourth-order valence-electron chi connectivity index (χ4n) is 6.40. The third kappa shape index (κ3) is 5.61. The summed E-state index contributed by atoms with van der Waals surface area (Å²) in [4.78, 5) is 66.9. The summed E-state index contributed by atoms with van der Waals surface area (Å²) in [7, 11) is 0. The number of Topliss-reactive ketones (excluding diaryl/α,β-unsaturated/α-hetero) is 4. The summed E-state index contributed by atoms with van der Waals surface area (Å²) in [5.41, 5.74) is -0.436. The summed E-state index contributed by atoms with van der Waals surface area (Å²) in [6.07, 6.45) is 4.56. The van der Waals surface area contributed by atoms with Crippen LogP contribution in [0.3, 0.4) is 0 Å². The predicted molar refractivity (Wildman–Crippen MR) is 134 cm³/mol. The van der Waals surface area contributed by atoms with Gasteiger partial charge in [-0.3, -0.25) is 24.0 Å². The van der Waals surface area contributed by atoms with Gasteiger partial charge >= 0.3 is 0 Å². The molecule has 1 saturated heterocycles. The lowest BCUT2D eigenvalue weighted by Gasteiger charge is -2.37. The zero-order chi connectivity index (χ0) is 26.3. The van der Waals surface area contributed by atoms with E-state index < -0.39 is 34.9 Å². The molecule has 1 heterocycles. The van der Waals surface area contributed by atoms with Crippen LogP contribution in [0.25, 0.3) is 0 Å². The first-order chi connectivity index (χ1) is 16.2. The van der Waals surface area contributed by atoms with Gasteiger partial charge in [0.25, 0.3) is 0 Å². The van der Waals surface area contributed by atoms with Gasteiger partial charge in [-0.15, -0.1) is 0 Å². The second-order valence-electron chi connectivity index (χ2n) is 12.9. The number of carbonyl (C=O) groups is 5. The molecule has 0 aromatic rings. The highest BCUT2D eigenvalue weighted by molar-refractivity contribution is 6.38. The number of nitrogens with zero attached hydrogens (tertiary/aromatic N) is 1. The van der Waals surface area contributed by atoms with Crippen molar-refractivity contribution >= 4 is 29.0 Å². The Kier molecular flexibility index (Phi) is 8.13. The molecule has 0 radical (unpaired) electrons. The van der Waals surface area contributed by atoms with Crippen LogP contribution in [0.4, 0.5) is 0 Å². The van der Waals surface area contributed by atoms with Crippen molar-refractivity contribution < 1.29 is 24.0 Å².